The molecule has 0 nitrogen and oxygen atoms in total. The Morgan fingerprint density at radius 3 is 2.11 bits per heavy atom. The highest BCUT2D eigenvalue weighted by molar-refractivity contribution is 5.43. The third-order valence-electron chi connectivity index (χ3n) is 1.74. The molecular formula is C19H26. The third-order valence-corrected chi connectivity index (χ3v) is 1.74. The van der Waals surface area contributed by atoms with Crippen molar-refractivity contribution in [2.45, 2.75) is 34.6 Å². The van der Waals surface area contributed by atoms with Gasteiger partial charge in [-0.25, -0.2) is 0 Å². The van der Waals surface area contributed by atoms with Gasteiger partial charge >= 0.3 is 0 Å². The van der Waals surface area contributed by atoms with E-state index in [0.717, 1.165) is 11.1 Å². The molecule has 1 aromatic rings. The van der Waals surface area contributed by atoms with Crippen LogP contribution in [0, 0.1) is 11.8 Å². The smallest absolute Gasteiger partial charge is 0.0249 e. The summed E-state index contributed by atoms with van der Waals surface area (Å²) >= 11 is 0. The van der Waals surface area contributed by atoms with Crippen LogP contribution in [-0.4, -0.2) is 0 Å². The van der Waals surface area contributed by atoms with Gasteiger partial charge in [0.2, 0.25) is 0 Å². The van der Waals surface area contributed by atoms with E-state index in [-0.39, 0.29) is 0 Å². The van der Waals surface area contributed by atoms with Crippen LogP contribution in [0.4, 0.5) is 0 Å². The van der Waals surface area contributed by atoms with Gasteiger partial charge in [0.1, 0.15) is 0 Å². The second kappa shape index (κ2) is 16.0. The Morgan fingerprint density at radius 1 is 1.00 bits per heavy atom. The van der Waals surface area contributed by atoms with Crippen LogP contribution in [-0.2, 0) is 0 Å². The highest BCUT2D eigenvalue weighted by Crippen LogP contribution is 1.97. The Kier molecular flexibility index (Phi) is 16.3. The van der Waals surface area contributed by atoms with Crippen molar-refractivity contribution in [3.05, 3.63) is 72.4 Å². The quantitative estimate of drug-likeness (QED) is 0.463. The molecule has 0 spiro atoms. The molecule has 0 bridgehead atoms. The van der Waals surface area contributed by atoms with Crippen molar-refractivity contribution in [2.75, 3.05) is 0 Å². The zero-order valence-electron chi connectivity index (χ0n) is 12.9. The predicted molar refractivity (Wildman–Crippen MR) is 89.1 cm³/mol. The second-order valence-electron chi connectivity index (χ2n) is 3.03. The van der Waals surface area contributed by atoms with E-state index in [2.05, 4.69) is 18.4 Å². The molecule has 0 atom stereocenters. The average Bonchev–Trinajstić information content (AvgIpc) is 2.51. The largest absolute Gasteiger partial charge is 0.0877 e. The molecule has 0 unspecified atom stereocenters. The Bertz CT molecular complexity index is 422. The van der Waals surface area contributed by atoms with Crippen LogP contribution in [0.25, 0.3) is 0 Å². The highest BCUT2D eigenvalue weighted by Gasteiger charge is 1.81. The van der Waals surface area contributed by atoms with Gasteiger partial charge in [-0.1, -0.05) is 82.5 Å². The minimum Gasteiger partial charge on any atom is -0.0877 e. The fraction of sp³-hybridized carbons (Fsp3) is 0.263. The van der Waals surface area contributed by atoms with E-state index >= 15 is 0 Å². The second-order valence-corrected chi connectivity index (χ2v) is 3.03. The molecule has 0 aromatic heterocycles. The summed E-state index contributed by atoms with van der Waals surface area (Å²) in [4.78, 5) is 0. The van der Waals surface area contributed by atoms with E-state index in [1.807, 2.05) is 89.3 Å². The molecule has 0 fully saturated rings. The average molecular weight is 254 g/mol. The lowest BCUT2D eigenvalue weighted by atomic mass is 10.2. The van der Waals surface area contributed by atoms with E-state index in [1.165, 1.54) is 0 Å². The van der Waals surface area contributed by atoms with Crippen LogP contribution in [0.2, 0.25) is 0 Å². The zero-order valence-corrected chi connectivity index (χ0v) is 12.9. The maximum atomic E-state index is 3.85. The van der Waals surface area contributed by atoms with Crippen molar-refractivity contribution in [1.29, 1.82) is 0 Å². The fourth-order valence-electron chi connectivity index (χ4n) is 0.998. The molecule has 0 aliphatic heterocycles. The first kappa shape index (κ1) is 19.3. The predicted octanol–water partition coefficient (Wildman–Crippen LogP) is 5.78. The molecular weight excluding hydrogens is 228 g/mol. The van der Waals surface area contributed by atoms with Crippen molar-refractivity contribution in [3.8, 4) is 11.8 Å². The van der Waals surface area contributed by atoms with Gasteiger partial charge < -0.3 is 0 Å². The number of allylic oxidation sites excluding steroid dienone is 5. The zero-order chi connectivity index (χ0) is 14.9. The highest BCUT2D eigenvalue weighted by atomic mass is 13.9. The lowest BCUT2D eigenvalue weighted by molar-refractivity contribution is 1.50. The van der Waals surface area contributed by atoms with Gasteiger partial charge in [-0.3, -0.25) is 0 Å². The van der Waals surface area contributed by atoms with Crippen LogP contribution < -0.4 is 0 Å². The van der Waals surface area contributed by atoms with E-state index in [9.17, 15) is 0 Å². The maximum Gasteiger partial charge on any atom is 0.0249 e. The molecule has 0 amide bonds. The molecule has 0 saturated carbocycles. The minimum absolute atomic E-state index is 0.817. The molecule has 0 heteroatoms. The van der Waals surface area contributed by atoms with Crippen LogP contribution in [0.3, 0.4) is 0 Å². The van der Waals surface area contributed by atoms with Crippen LogP contribution in [0.5, 0.6) is 0 Å². The third kappa shape index (κ3) is 12.2. The number of hydrogen-bond acceptors (Lipinski definition) is 0. The van der Waals surface area contributed by atoms with Crippen LogP contribution in [0.15, 0.2) is 66.8 Å². The fourth-order valence-corrected chi connectivity index (χ4v) is 0.998. The van der Waals surface area contributed by atoms with Gasteiger partial charge in [-0.05, 0) is 25.1 Å². The lowest BCUT2D eigenvalue weighted by Gasteiger charge is -1.86. The van der Waals surface area contributed by atoms with Gasteiger partial charge in [-0.15, -0.1) is 0 Å². The van der Waals surface area contributed by atoms with Gasteiger partial charge in [0.25, 0.3) is 0 Å². The summed E-state index contributed by atoms with van der Waals surface area (Å²) in [6, 6.07) is 9.89. The summed E-state index contributed by atoms with van der Waals surface area (Å²) in [5.41, 5.74) is 1.83. The summed E-state index contributed by atoms with van der Waals surface area (Å²) in [6.07, 6.45) is 7.75. The van der Waals surface area contributed by atoms with Gasteiger partial charge in [0, 0.05) is 11.1 Å². The summed E-state index contributed by atoms with van der Waals surface area (Å²) in [7, 11) is 0. The van der Waals surface area contributed by atoms with E-state index in [4.69, 9.17) is 0 Å². The van der Waals surface area contributed by atoms with E-state index in [1.54, 1.807) is 0 Å². The Hall–Kier alpha value is -2.00. The van der Waals surface area contributed by atoms with Crippen LogP contribution >= 0.6 is 0 Å². The van der Waals surface area contributed by atoms with Crippen molar-refractivity contribution < 1.29 is 0 Å². The Morgan fingerprint density at radius 2 is 1.58 bits per heavy atom. The van der Waals surface area contributed by atoms with Gasteiger partial charge in [0.15, 0.2) is 0 Å². The minimum atomic E-state index is 0.817. The van der Waals surface area contributed by atoms with Crippen molar-refractivity contribution in [3.63, 3.8) is 0 Å². The van der Waals surface area contributed by atoms with Gasteiger partial charge in [-0.2, -0.15) is 0 Å². The van der Waals surface area contributed by atoms with E-state index < -0.39 is 0 Å². The lowest BCUT2D eigenvalue weighted by Crippen LogP contribution is -1.72. The molecule has 19 heavy (non-hydrogen) atoms. The summed E-state index contributed by atoms with van der Waals surface area (Å²) in [5, 5.41) is 0. The number of rotatable bonds is 2. The van der Waals surface area contributed by atoms with Crippen molar-refractivity contribution >= 4 is 0 Å². The monoisotopic (exact) mass is 254 g/mol. The molecule has 0 aliphatic carbocycles. The molecule has 0 saturated heterocycles. The molecule has 0 N–H and O–H groups in total. The molecule has 0 aliphatic rings. The Labute approximate surface area is 119 Å². The molecule has 0 radical (unpaired) electrons. The number of hydrogen-bond donors (Lipinski definition) is 0. The molecule has 102 valence electrons. The van der Waals surface area contributed by atoms with E-state index in [0.29, 0.717) is 0 Å². The summed E-state index contributed by atoms with van der Waals surface area (Å²) in [5.74, 6) is 6.04. The Balaban J connectivity index is 0. The summed E-state index contributed by atoms with van der Waals surface area (Å²) in [6.45, 7) is 13.8. The van der Waals surface area contributed by atoms with Crippen LogP contribution in [0.1, 0.15) is 40.2 Å². The van der Waals surface area contributed by atoms with Crippen molar-refractivity contribution in [1.82, 2.24) is 0 Å². The number of benzene rings is 1. The normalized spacial score (nSPS) is 8.68. The topological polar surface area (TPSA) is 0 Å². The first-order valence-electron chi connectivity index (χ1n) is 6.88. The summed E-state index contributed by atoms with van der Waals surface area (Å²) < 4.78 is 0. The SMILES string of the molecule is C=C(C#Cc1ccccc1)/C=C\C=C/C.CC.CC. The molecule has 1 aromatic carbocycles. The first-order chi connectivity index (χ1) is 9.33. The maximum absolute atomic E-state index is 3.85. The standard InChI is InChI=1S/C15H14.2C2H6/c1-3-4-6-9-14(2)12-13-15-10-7-5-8-11-15;2*1-2/h3-11H,2H2,1H3;2*1-2H3/b4-3-,9-6-;;. The molecule has 0 heterocycles. The van der Waals surface area contributed by atoms with Gasteiger partial charge in [0.05, 0.1) is 0 Å². The molecule has 1 rings (SSSR count). The van der Waals surface area contributed by atoms with Crippen molar-refractivity contribution in [2.24, 2.45) is 0 Å². The first-order valence-corrected chi connectivity index (χ1v) is 6.88.